The molecule has 0 N–H and O–H groups in total. The average Bonchev–Trinajstić information content (AvgIpc) is 2.45. The van der Waals surface area contributed by atoms with Gasteiger partial charge in [-0.3, -0.25) is 4.90 Å². The summed E-state index contributed by atoms with van der Waals surface area (Å²) < 4.78 is 5.13. The normalized spacial score (nSPS) is 23.9. The first-order chi connectivity index (χ1) is 9.22. The molecule has 2 rings (SSSR count). The first-order valence-electron chi connectivity index (χ1n) is 6.84. The SMILES string of the molecule is C=CCOC(=O)N1C=CC(Cl)=CC1C1CCCCC1. The molecule has 0 aromatic carbocycles. The van der Waals surface area contributed by atoms with Crippen LogP contribution < -0.4 is 0 Å². The minimum Gasteiger partial charge on any atom is -0.445 e. The Morgan fingerprint density at radius 1 is 1.47 bits per heavy atom. The molecule has 0 radical (unpaired) electrons. The Balaban J connectivity index is 2.08. The number of carbonyl (C=O) groups excluding carboxylic acids is 1. The van der Waals surface area contributed by atoms with Gasteiger partial charge in [0.05, 0.1) is 6.04 Å². The van der Waals surface area contributed by atoms with E-state index in [9.17, 15) is 4.79 Å². The smallest absolute Gasteiger partial charge is 0.414 e. The van der Waals surface area contributed by atoms with Crippen molar-refractivity contribution in [3.63, 3.8) is 0 Å². The van der Waals surface area contributed by atoms with Crippen LogP contribution in [0.2, 0.25) is 0 Å². The maximum absolute atomic E-state index is 12.0. The molecule has 1 saturated carbocycles. The number of carbonyl (C=O) groups is 1. The molecule has 0 aromatic heterocycles. The van der Waals surface area contributed by atoms with Crippen LogP contribution in [0.15, 0.2) is 36.0 Å². The van der Waals surface area contributed by atoms with Crippen LogP contribution in [0, 0.1) is 5.92 Å². The van der Waals surface area contributed by atoms with Gasteiger partial charge in [0.2, 0.25) is 0 Å². The first-order valence-corrected chi connectivity index (χ1v) is 7.21. The van der Waals surface area contributed by atoms with E-state index in [1.807, 2.05) is 6.08 Å². The van der Waals surface area contributed by atoms with Crippen molar-refractivity contribution in [3.05, 3.63) is 36.0 Å². The van der Waals surface area contributed by atoms with Crippen molar-refractivity contribution in [2.75, 3.05) is 6.61 Å². The molecule has 0 aromatic rings. The number of allylic oxidation sites excluding steroid dienone is 2. The van der Waals surface area contributed by atoms with Crippen LogP contribution in [-0.2, 0) is 4.74 Å². The second kappa shape index (κ2) is 6.80. The van der Waals surface area contributed by atoms with Gasteiger partial charge < -0.3 is 4.74 Å². The highest BCUT2D eigenvalue weighted by Gasteiger charge is 2.31. The van der Waals surface area contributed by atoms with Crippen LogP contribution in [0.1, 0.15) is 32.1 Å². The average molecular weight is 282 g/mol. The molecule has 0 bridgehead atoms. The Labute approximate surface area is 119 Å². The van der Waals surface area contributed by atoms with Gasteiger partial charge in [-0.15, -0.1) is 0 Å². The van der Waals surface area contributed by atoms with Crippen LogP contribution in [-0.4, -0.2) is 23.6 Å². The van der Waals surface area contributed by atoms with Gasteiger partial charge in [0.1, 0.15) is 6.61 Å². The Hall–Kier alpha value is -1.22. The van der Waals surface area contributed by atoms with Crippen LogP contribution in [0.4, 0.5) is 4.79 Å². The van der Waals surface area contributed by atoms with Crippen LogP contribution in [0.3, 0.4) is 0 Å². The summed E-state index contributed by atoms with van der Waals surface area (Å²) in [4.78, 5) is 13.7. The van der Waals surface area contributed by atoms with Gasteiger partial charge in [0.25, 0.3) is 0 Å². The highest BCUT2D eigenvalue weighted by Crippen LogP contribution is 2.33. The fraction of sp³-hybridized carbons (Fsp3) is 0.533. The van der Waals surface area contributed by atoms with E-state index in [4.69, 9.17) is 16.3 Å². The van der Waals surface area contributed by atoms with Crippen LogP contribution >= 0.6 is 11.6 Å². The van der Waals surface area contributed by atoms with Gasteiger partial charge in [-0.05, 0) is 30.9 Å². The zero-order valence-corrected chi connectivity index (χ0v) is 11.8. The summed E-state index contributed by atoms with van der Waals surface area (Å²) in [6.07, 6.45) is 12.7. The number of halogens is 1. The van der Waals surface area contributed by atoms with Gasteiger partial charge in [-0.25, -0.2) is 4.79 Å². The lowest BCUT2D eigenvalue weighted by Gasteiger charge is -2.36. The molecule has 2 aliphatic rings. The maximum Gasteiger partial charge on any atom is 0.414 e. The van der Waals surface area contributed by atoms with E-state index in [-0.39, 0.29) is 18.7 Å². The Morgan fingerprint density at radius 2 is 2.21 bits per heavy atom. The number of hydrogen-bond donors (Lipinski definition) is 0. The van der Waals surface area contributed by atoms with E-state index < -0.39 is 0 Å². The minimum absolute atomic E-state index is 0.0233. The second-order valence-corrected chi connectivity index (χ2v) is 5.47. The van der Waals surface area contributed by atoms with Crippen LogP contribution in [0.25, 0.3) is 0 Å². The summed E-state index contributed by atoms with van der Waals surface area (Å²) in [6.45, 7) is 3.79. The van der Waals surface area contributed by atoms with Crippen molar-refractivity contribution in [2.24, 2.45) is 5.92 Å². The molecule has 0 spiro atoms. The highest BCUT2D eigenvalue weighted by molar-refractivity contribution is 6.31. The fourth-order valence-electron chi connectivity index (χ4n) is 2.78. The number of rotatable bonds is 3. The summed E-state index contributed by atoms with van der Waals surface area (Å²) >= 11 is 6.08. The molecule has 104 valence electrons. The number of hydrogen-bond acceptors (Lipinski definition) is 2. The molecular formula is C15H20ClNO2. The number of ether oxygens (including phenoxy) is 1. The Morgan fingerprint density at radius 3 is 2.89 bits per heavy atom. The second-order valence-electron chi connectivity index (χ2n) is 5.03. The third-order valence-electron chi connectivity index (χ3n) is 3.71. The lowest BCUT2D eigenvalue weighted by molar-refractivity contribution is 0.105. The van der Waals surface area contributed by atoms with E-state index in [1.165, 1.54) is 19.3 Å². The van der Waals surface area contributed by atoms with Crippen molar-refractivity contribution < 1.29 is 9.53 Å². The molecule has 1 amide bonds. The molecule has 19 heavy (non-hydrogen) atoms. The lowest BCUT2D eigenvalue weighted by atomic mass is 9.82. The molecule has 0 saturated heterocycles. The predicted octanol–water partition coefficient (Wildman–Crippen LogP) is 4.21. The van der Waals surface area contributed by atoms with Gasteiger partial charge in [-0.2, -0.15) is 0 Å². The summed E-state index contributed by atoms with van der Waals surface area (Å²) in [5.41, 5.74) is 0. The number of amides is 1. The van der Waals surface area contributed by atoms with E-state index in [0.29, 0.717) is 11.0 Å². The van der Waals surface area contributed by atoms with Crippen molar-refractivity contribution in [3.8, 4) is 0 Å². The van der Waals surface area contributed by atoms with Crippen molar-refractivity contribution in [1.82, 2.24) is 4.90 Å². The van der Waals surface area contributed by atoms with Crippen molar-refractivity contribution in [2.45, 2.75) is 38.1 Å². The third-order valence-corrected chi connectivity index (χ3v) is 3.97. The lowest BCUT2D eigenvalue weighted by Crippen LogP contribution is -2.42. The van der Waals surface area contributed by atoms with E-state index in [1.54, 1.807) is 23.3 Å². The van der Waals surface area contributed by atoms with Gasteiger partial charge in [0, 0.05) is 11.2 Å². The van der Waals surface area contributed by atoms with Gasteiger partial charge in [-0.1, -0.05) is 43.5 Å². The number of nitrogens with zero attached hydrogens (tertiary/aromatic N) is 1. The molecule has 1 unspecified atom stereocenters. The zero-order valence-electron chi connectivity index (χ0n) is 11.1. The molecule has 4 heteroatoms. The summed E-state index contributed by atoms with van der Waals surface area (Å²) in [5, 5.41) is 0.698. The standard InChI is InChI=1S/C15H20ClNO2/c1-2-10-19-15(18)17-9-8-13(16)11-14(17)12-6-4-3-5-7-12/h2,8-9,11-12,14H,1,3-7,10H2. The Bertz CT molecular complexity index is 397. The third kappa shape index (κ3) is 3.63. The predicted molar refractivity (Wildman–Crippen MR) is 76.8 cm³/mol. The summed E-state index contributed by atoms with van der Waals surface area (Å²) in [5.74, 6) is 0.476. The molecule has 3 nitrogen and oxygen atoms in total. The quantitative estimate of drug-likeness (QED) is 0.725. The maximum atomic E-state index is 12.0. The van der Waals surface area contributed by atoms with Gasteiger partial charge >= 0.3 is 6.09 Å². The monoisotopic (exact) mass is 281 g/mol. The topological polar surface area (TPSA) is 29.5 Å². The Kier molecular flexibility index (Phi) is 5.08. The molecule has 1 fully saturated rings. The highest BCUT2D eigenvalue weighted by atomic mass is 35.5. The van der Waals surface area contributed by atoms with Crippen molar-refractivity contribution >= 4 is 17.7 Å². The van der Waals surface area contributed by atoms with Crippen molar-refractivity contribution in [1.29, 1.82) is 0 Å². The fourth-order valence-corrected chi connectivity index (χ4v) is 2.96. The molecule has 1 heterocycles. The van der Waals surface area contributed by atoms with Gasteiger partial charge in [0.15, 0.2) is 0 Å². The van der Waals surface area contributed by atoms with Crippen LogP contribution in [0.5, 0.6) is 0 Å². The minimum atomic E-state index is -0.327. The molecule has 1 atom stereocenters. The van der Waals surface area contributed by atoms with E-state index in [0.717, 1.165) is 12.8 Å². The first kappa shape index (κ1) is 14.2. The van der Waals surface area contributed by atoms with E-state index in [2.05, 4.69) is 6.58 Å². The van der Waals surface area contributed by atoms with E-state index >= 15 is 0 Å². The molecule has 1 aliphatic carbocycles. The summed E-state index contributed by atoms with van der Waals surface area (Å²) in [7, 11) is 0. The molecular weight excluding hydrogens is 262 g/mol. The molecule has 1 aliphatic heterocycles. The summed E-state index contributed by atoms with van der Waals surface area (Å²) in [6, 6.07) is 0.0233. The largest absolute Gasteiger partial charge is 0.445 e. The zero-order chi connectivity index (χ0) is 13.7.